The molecule has 0 spiro atoms. The normalized spacial score (nSPS) is 11.6. The van der Waals surface area contributed by atoms with Gasteiger partial charge in [-0.3, -0.25) is 4.31 Å². The maximum atomic E-state index is 13.6. The lowest BCUT2D eigenvalue weighted by molar-refractivity contribution is 0.432. The van der Waals surface area contributed by atoms with E-state index in [1.807, 2.05) is 18.2 Å². The summed E-state index contributed by atoms with van der Waals surface area (Å²) in [6.07, 6.45) is 0. The van der Waals surface area contributed by atoms with Crippen LogP contribution in [0.4, 0.5) is 14.5 Å². The second-order valence-electron chi connectivity index (χ2n) is 5.97. The number of rotatable bonds is 5. The molecule has 0 aliphatic carbocycles. The fourth-order valence-corrected chi connectivity index (χ4v) is 5.15. The number of halogens is 2. The van der Waals surface area contributed by atoms with E-state index in [0.717, 1.165) is 33.3 Å². The molecule has 0 N–H and O–H groups in total. The van der Waals surface area contributed by atoms with Gasteiger partial charge in [0.2, 0.25) is 5.82 Å². The highest BCUT2D eigenvalue weighted by atomic mass is 32.2. The average Bonchev–Trinajstić information content (AvgIpc) is 3.40. The molecule has 0 fully saturated rings. The van der Waals surface area contributed by atoms with Gasteiger partial charge in [0.25, 0.3) is 15.9 Å². The molecule has 0 saturated carbocycles. The van der Waals surface area contributed by atoms with E-state index in [0.29, 0.717) is 5.82 Å². The minimum absolute atomic E-state index is 0.0171. The number of anilines is 1. The van der Waals surface area contributed by atoms with Gasteiger partial charge in [0, 0.05) is 18.7 Å². The summed E-state index contributed by atoms with van der Waals surface area (Å²) in [7, 11) is -2.83. The highest BCUT2D eigenvalue weighted by Gasteiger charge is 2.29. The standard InChI is InChI=1S/C19H13F2N3O3S2/c1-24(13-7-8-14(20)15(21)11-13)29(25,26)16-9-10-28-17(16)19-22-18(23-27-19)12-5-3-2-4-6-12/h2-11H,1H3. The van der Waals surface area contributed by atoms with Crippen LogP contribution in [0.15, 0.2) is 69.4 Å². The van der Waals surface area contributed by atoms with Gasteiger partial charge in [-0.05, 0) is 23.6 Å². The van der Waals surface area contributed by atoms with E-state index in [4.69, 9.17) is 4.52 Å². The molecule has 0 unspecified atom stereocenters. The van der Waals surface area contributed by atoms with E-state index in [9.17, 15) is 17.2 Å². The summed E-state index contributed by atoms with van der Waals surface area (Å²) in [4.78, 5) is 4.48. The van der Waals surface area contributed by atoms with Crippen LogP contribution in [-0.2, 0) is 10.0 Å². The lowest BCUT2D eigenvalue weighted by Crippen LogP contribution is -2.26. The van der Waals surface area contributed by atoms with Gasteiger partial charge in [-0.25, -0.2) is 17.2 Å². The number of thiophene rings is 1. The quantitative estimate of drug-likeness (QED) is 0.461. The molecule has 10 heteroatoms. The summed E-state index contributed by atoms with van der Waals surface area (Å²) in [6.45, 7) is 0. The molecule has 2 aromatic heterocycles. The first-order chi connectivity index (χ1) is 13.9. The SMILES string of the molecule is CN(c1ccc(F)c(F)c1)S(=O)(=O)c1ccsc1-c1nc(-c2ccccc2)no1. The van der Waals surface area contributed by atoms with Crippen LogP contribution in [0.3, 0.4) is 0 Å². The number of hydrogen-bond acceptors (Lipinski definition) is 6. The monoisotopic (exact) mass is 433 g/mol. The van der Waals surface area contributed by atoms with Crippen molar-refractivity contribution in [2.45, 2.75) is 4.90 Å². The van der Waals surface area contributed by atoms with Gasteiger partial charge in [0.05, 0.1) is 5.69 Å². The zero-order valence-electron chi connectivity index (χ0n) is 14.9. The summed E-state index contributed by atoms with van der Waals surface area (Å²) in [5.74, 6) is -1.82. The van der Waals surface area contributed by atoms with Crippen molar-refractivity contribution in [1.29, 1.82) is 0 Å². The number of hydrogen-bond donors (Lipinski definition) is 0. The summed E-state index contributed by atoms with van der Waals surface area (Å²) in [5.41, 5.74) is 0.707. The fourth-order valence-electron chi connectivity index (χ4n) is 2.64. The first kappa shape index (κ1) is 19.2. The van der Waals surface area contributed by atoms with Crippen molar-refractivity contribution in [3.05, 3.63) is 71.6 Å². The molecule has 2 heterocycles. The van der Waals surface area contributed by atoms with Crippen molar-refractivity contribution in [2.24, 2.45) is 0 Å². The van der Waals surface area contributed by atoms with Crippen molar-refractivity contribution >= 4 is 27.0 Å². The molecule has 0 radical (unpaired) electrons. The van der Waals surface area contributed by atoms with E-state index in [-0.39, 0.29) is 21.4 Å². The fraction of sp³-hybridized carbons (Fsp3) is 0.0526. The molecule has 6 nitrogen and oxygen atoms in total. The number of sulfonamides is 1. The molecule has 0 saturated heterocycles. The average molecular weight is 433 g/mol. The van der Waals surface area contributed by atoms with E-state index in [1.54, 1.807) is 17.5 Å². The minimum atomic E-state index is -4.09. The molecule has 0 aliphatic rings. The molecule has 29 heavy (non-hydrogen) atoms. The molecule has 4 rings (SSSR count). The molecule has 0 aliphatic heterocycles. The molecule has 0 bridgehead atoms. The first-order valence-corrected chi connectivity index (χ1v) is 10.6. The Morgan fingerprint density at radius 2 is 1.79 bits per heavy atom. The Morgan fingerprint density at radius 1 is 1.03 bits per heavy atom. The summed E-state index contributed by atoms with van der Waals surface area (Å²) in [6, 6.07) is 13.4. The number of aromatic nitrogens is 2. The smallest absolute Gasteiger partial charge is 0.269 e. The zero-order valence-corrected chi connectivity index (χ0v) is 16.5. The second kappa shape index (κ2) is 7.37. The molecule has 4 aromatic rings. The third-order valence-electron chi connectivity index (χ3n) is 4.19. The summed E-state index contributed by atoms with van der Waals surface area (Å²) >= 11 is 1.12. The number of benzene rings is 2. The largest absolute Gasteiger partial charge is 0.333 e. The van der Waals surface area contributed by atoms with Gasteiger partial charge in [-0.1, -0.05) is 35.5 Å². The maximum absolute atomic E-state index is 13.6. The lowest BCUT2D eigenvalue weighted by atomic mass is 10.2. The lowest BCUT2D eigenvalue weighted by Gasteiger charge is -2.19. The van der Waals surface area contributed by atoms with Crippen molar-refractivity contribution in [2.75, 3.05) is 11.4 Å². The Bertz CT molecular complexity index is 1270. The van der Waals surface area contributed by atoms with Gasteiger partial charge in [-0.2, -0.15) is 4.98 Å². The third kappa shape index (κ3) is 3.52. The Hall–Kier alpha value is -3.11. The van der Waals surface area contributed by atoms with E-state index in [1.165, 1.54) is 19.2 Å². The molecular formula is C19H13F2N3O3S2. The summed E-state index contributed by atoms with van der Waals surface area (Å²) in [5, 5.41) is 5.49. The second-order valence-corrected chi connectivity index (χ2v) is 8.83. The van der Waals surface area contributed by atoms with Crippen molar-refractivity contribution < 1.29 is 21.7 Å². The first-order valence-electron chi connectivity index (χ1n) is 8.29. The minimum Gasteiger partial charge on any atom is -0.333 e. The van der Waals surface area contributed by atoms with E-state index >= 15 is 0 Å². The van der Waals surface area contributed by atoms with Crippen molar-refractivity contribution in [1.82, 2.24) is 10.1 Å². The Kier molecular flexibility index (Phi) is 4.89. The third-order valence-corrected chi connectivity index (χ3v) is 7.05. The van der Waals surface area contributed by atoms with Gasteiger partial charge >= 0.3 is 0 Å². The summed E-state index contributed by atoms with van der Waals surface area (Å²) < 4.78 is 59.1. The Morgan fingerprint density at radius 3 is 2.52 bits per heavy atom. The topological polar surface area (TPSA) is 76.3 Å². The number of nitrogens with zero attached hydrogens (tertiary/aromatic N) is 3. The van der Waals surface area contributed by atoms with Crippen LogP contribution in [0.25, 0.3) is 22.2 Å². The molecule has 0 atom stereocenters. The van der Waals surface area contributed by atoms with E-state index in [2.05, 4.69) is 10.1 Å². The highest BCUT2D eigenvalue weighted by molar-refractivity contribution is 7.93. The van der Waals surface area contributed by atoms with Crippen LogP contribution in [0, 0.1) is 11.6 Å². The van der Waals surface area contributed by atoms with E-state index < -0.39 is 21.7 Å². The van der Waals surface area contributed by atoms with Gasteiger partial charge < -0.3 is 4.52 Å². The predicted molar refractivity (Wildman–Crippen MR) is 105 cm³/mol. The molecular weight excluding hydrogens is 420 g/mol. The van der Waals surface area contributed by atoms with Gasteiger partial charge in [0.15, 0.2) is 11.6 Å². The van der Waals surface area contributed by atoms with Crippen LogP contribution < -0.4 is 4.31 Å². The van der Waals surface area contributed by atoms with Gasteiger partial charge in [-0.15, -0.1) is 11.3 Å². The highest BCUT2D eigenvalue weighted by Crippen LogP contribution is 2.35. The Balaban J connectivity index is 1.72. The zero-order chi connectivity index (χ0) is 20.6. The van der Waals surface area contributed by atoms with Crippen LogP contribution in [0.5, 0.6) is 0 Å². The van der Waals surface area contributed by atoms with Crippen LogP contribution in [0.1, 0.15) is 0 Å². The molecule has 148 valence electrons. The molecule has 0 amide bonds. The van der Waals surface area contributed by atoms with Crippen molar-refractivity contribution in [3.63, 3.8) is 0 Å². The maximum Gasteiger partial charge on any atom is 0.269 e. The Labute approximate surface area is 169 Å². The van der Waals surface area contributed by atoms with Crippen LogP contribution >= 0.6 is 11.3 Å². The predicted octanol–water partition coefficient (Wildman–Crippen LogP) is 4.57. The van der Waals surface area contributed by atoms with Gasteiger partial charge in [0.1, 0.15) is 9.77 Å². The van der Waals surface area contributed by atoms with Crippen LogP contribution in [0.2, 0.25) is 0 Å². The van der Waals surface area contributed by atoms with Crippen LogP contribution in [-0.4, -0.2) is 25.6 Å². The van der Waals surface area contributed by atoms with Crippen molar-refractivity contribution in [3.8, 4) is 22.2 Å². The molecule has 2 aromatic carbocycles.